The molecule has 0 bridgehead atoms. The van der Waals surface area contributed by atoms with Crippen molar-refractivity contribution in [1.82, 2.24) is 9.88 Å². The van der Waals surface area contributed by atoms with Crippen LogP contribution in [0.3, 0.4) is 0 Å². The molecular formula is C16H26N2O2S. The fourth-order valence-corrected chi connectivity index (χ4v) is 4.14. The smallest absolute Gasteiger partial charge is 0.225 e. The SMILES string of the molecule is Cc1nc(C)c(C(C)N(C)C(=O)CC2(O)CCCCC2)s1. The zero-order valence-corrected chi connectivity index (χ0v) is 14.3. The van der Waals surface area contributed by atoms with Crippen LogP contribution in [0.5, 0.6) is 0 Å². The van der Waals surface area contributed by atoms with Crippen molar-refractivity contribution in [1.29, 1.82) is 0 Å². The third-order valence-electron chi connectivity index (χ3n) is 4.56. The molecule has 1 N–H and O–H groups in total. The van der Waals surface area contributed by atoms with Crippen molar-refractivity contribution in [3.63, 3.8) is 0 Å². The summed E-state index contributed by atoms with van der Waals surface area (Å²) in [6, 6.07) is 0.0101. The summed E-state index contributed by atoms with van der Waals surface area (Å²) in [4.78, 5) is 19.8. The van der Waals surface area contributed by atoms with Gasteiger partial charge in [-0.15, -0.1) is 11.3 Å². The number of thiazole rings is 1. The van der Waals surface area contributed by atoms with Gasteiger partial charge in [-0.05, 0) is 33.6 Å². The van der Waals surface area contributed by atoms with Crippen LogP contribution >= 0.6 is 11.3 Å². The lowest BCUT2D eigenvalue weighted by molar-refractivity contribution is -0.138. The van der Waals surface area contributed by atoms with Gasteiger partial charge in [0.05, 0.1) is 28.8 Å². The van der Waals surface area contributed by atoms with Crippen molar-refractivity contribution in [3.05, 3.63) is 15.6 Å². The van der Waals surface area contributed by atoms with E-state index in [1.165, 1.54) is 6.42 Å². The fourth-order valence-electron chi connectivity index (χ4n) is 3.12. The second-order valence-electron chi connectivity index (χ2n) is 6.32. The van der Waals surface area contributed by atoms with E-state index in [9.17, 15) is 9.90 Å². The predicted octanol–water partition coefficient (Wildman–Crippen LogP) is 3.36. The van der Waals surface area contributed by atoms with Crippen molar-refractivity contribution in [2.24, 2.45) is 0 Å². The van der Waals surface area contributed by atoms with Crippen molar-refractivity contribution >= 4 is 17.2 Å². The van der Waals surface area contributed by atoms with Crippen molar-refractivity contribution in [2.75, 3.05) is 7.05 Å². The molecule has 5 heteroatoms. The maximum Gasteiger partial charge on any atom is 0.225 e. The lowest BCUT2D eigenvalue weighted by Crippen LogP contribution is -2.40. The first-order chi connectivity index (χ1) is 9.82. The van der Waals surface area contributed by atoms with Crippen LogP contribution in [0.2, 0.25) is 0 Å². The summed E-state index contributed by atoms with van der Waals surface area (Å²) >= 11 is 1.65. The molecular weight excluding hydrogens is 284 g/mol. The van der Waals surface area contributed by atoms with Gasteiger partial charge in [-0.25, -0.2) is 4.98 Å². The first-order valence-electron chi connectivity index (χ1n) is 7.74. The normalized spacial score (nSPS) is 19.3. The van der Waals surface area contributed by atoms with Crippen LogP contribution in [0.1, 0.15) is 67.1 Å². The summed E-state index contributed by atoms with van der Waals surface area (Å²) < 4.78 is 0. The highest BCUT2D eigenvalue weighted by molar-refractivity contribution is 7.11. The Morgan fingerprint density at radius 3 is 2.52 bits per heavy atom. The zero-order valence-electron chi connectivity index (χ0n) is 13.5. The van der Waals surface area contributed by atoms with Gasteiger partial charge in [-0.2, -0.15) is 0 Å². The van der Waals surface area contributed by atoms with Crippen LogP contribution in [0, 0.1) is 13.8 Å². The number of hydrogen-bond donors (Lipinski definition) is 1. The lowest BCUT2D eigenvalue weighted by atomic mass is 9.82. The van der Waals surface area contributed by atoms with Crippen LogP contribution in [0.15, 0.2) is 0 Å². The monoisotopic (exact) mass is 310 g/mol. The van der Waals surface area contributed by atoms with Crippen molar-refractivity contribution < 1.29 is 9.90 Å². The standard InChI is InChI=1S/C16H26N2O2S/c1-11-15(21-13(3)17-11)12(2)18(4)14(19)10-16(20)8-6-5-7-9-16/h12,20H,5-10H2,1-4H3. The summed E-state index contributed by atoms with van der Waals surface area (Å²) in [7, 11) is 1.83. The number of amides is 1. The molecule has 1 aromatic rings. The predicted molar refractivity (Wildman–Crippen MR) is 85.4 cm³/mol. The molecule has 1 saturated carbocycles. The van der Waals surface area contributed by atoms with E-state index in [0.29, 0.717) is 0 Å². The van der Waals surface area contributed by atoms with Gasteiger partial charge < -0.3 is 10.0 Å². The molecule has 2 rings (SSSR count). The number of nitrogens with zero attached hydrogens (tertiary/aromatic N) is 2. The van der Waals surface area contributed by atoms with E-state index in [4.69, 9.17) is 0 Å². The molecule has 0 saturated heterocycles. The Morgan fingerprint density at radius 1 is 1.38 bits per heavy atom. The first kappa shape index (κ1) is 16.4. The van der Waals surface area contributed by atoms with Crippen molar-refractivity contribution in [3.8, 4) is 0 Å². The maximum absolute atomic E-state index is 12.5. The topological polar surface area (TPSA) is 53.4 Å². The van der Waals surface area contributed by atoms with Gasteiger partial charge in [0, 0.05) is 11.9 Å². The summed E-state index contributed by atoms with van der Waals surface area (Å²) in [6.45, 7) is 6.01. The molecule has 0 spiro atoms. The Balaban J connectivity index is 2.03. The molecule has 0 radical (unpaired) electrons. The second kappa shape index (κ2) is 6.44. The molecule has 1 amide bonds. The van der Waals surface area contributed by atoms with E-state index in [2.05, 4.69) is 4.98 Å². The van der Waals surface area contributed by atoms with E-state index < -0.39 is 5.60 Å². The molecule has 1 heterocycles. The van der Waals surface area contributed by atoms with Gasteiger partial charge in [-0.1, -0.05) is 19.3 Å². The van der Waals surface area contributed by atoms with E-state index in [1.54, 1.807) is 16.2 Å². The van der Waals surface area contributed by atoms with Crippen LogP contribution in [0.4, 0.5) is 0 Å². The van der Waals surface area contributed by atoms with Gasteiger partial charge in [0.25, 0.3) is 0 Å². The number of hydrogen-bond acceptors (Lipinski definition) is 4. The molecule has 1 fully saturated rings. The molecule has 4 nitrogen and oxygen atoms in total. The number of carbonyl (C=O) groups excluding carboxylic acids is 1. The minimum absolute atomic E-state index is 0.0101. The first-order valence-corrected chi connectivity index (χ1v) is 8.56. The molecule has 0 aliphatic heterocycles. The Labute approximate surface area is 131 Å². The molecule has 1 atom stereocenters. The molecule has 1 aliphatic rings. The van der Waals surface area contributed by atoms with Crippen LogP contribution in [-0.4, -0.2) is 33.5 Å². The van der Waals surface area contributed by atoms with Gasteiger partial charge in [0.15, 0.2) is 0 Å². The van der Waals surface area contributed by atoms with Crippen molar-refractivity contribution in [2.45, 2.75) is 70.9 Å². The van der Waals surface area contributed by atoms with Gasteiger partial charge in [-0.3, -0.25) is 4.79 Å². The third-order valence-corrected chi connectivity index (χ3v) is 5.80. The second-order valence-corrected chi connectivity index (χ2v) is 7.56. The average Bonchev–Trinajstić information content (AvgIpc) is 2.76. The molecule has 0 aromatic carbocycles. The highest BCUT2D eigenvalue weighted by atomic mass is 32.1. The molecule has 1 aromatic heterocycles. The summed E-state index contributed by atoms with van der Waals surface area (Å²) in [5.41, 5.74) is 0.211. The molecule has 21 heavy (non-hydrogen) atoms. The minimum atomic E-state index is -0.790. The number of aromatic nitrogens is 1. The lowest BCUT2D eigenvalue weighted by Gasteiger charge is -2.34. The Bertz CT molecular complexity index is 506. The van der Waals surface area contributed by atoms with E-state index in [-0.39, 0.29) is 18.4 Å². The average molecular weight is 310 g/mol. The zero-order chi connectivity index (χ0) is 15.6. The molecule has 1 aliphatic carbocycles. The van der Waals surface area contributed by atoms with Crippen LogP contribution in [0.25, 0.3) is 0 Å². The third kappa shape index (κ3) is 3.83. The summed E-state index contributed by atoms with van der Waals surface area (Å²) in [5, 5.41) is 11.6. The van der Waals surface area contributed by atoms with Crippen LogP contribution in [-0.2, 0) is 4.79 Å². The van der Waals surface area contributed by atoms with Gasteiger partial charge in [0.2, 0.25) is 5.91 Å². The Hall–Kier alpha value is -0.940. The largest absolute Gasteiger partial charge is 0.389 e. The number of aliphatic hydroxyl groups is 1. The molecule has 118 valence electrons. The number of rotatable bonds is 4. The fraction of sp³-hybridized carbons (Fsp3) is 0.750. The van der Waals surface area contributed by atoms with Crippen LogP contribution < -0.4 is 0 Å². The van der Waals surface area contributed by atoms with E-state index >= 15 is 0 Å². The number of carbonyl (C=O) groups is 1. The van der Waals surface area contributed by atoms with Gasteiger partial charge in [0.1, 0.15) is 0 Å². The maximum atomic E-state index is 12.5. The van der Waals surface area contributed by atoms with Gasteiger partial charge >= 0.3 is 0 Å². The highest BCUT2D eigenvalue weighted by Gasteiger charge is 2.34. The Morgan fingerprint density at radius 2 is 2.00 bits per heavy atom. The van der Waals surface area contributed by atoms with E-state index in [1.807, 2.05) is 27.8 Å². The number of aryl methyl sites for hydroxylation is 2. The Kier molecular flexibility index (Phi) is 5.04. The summed E-state index contributed by atoms with van der Waals surface area (Å²) in [6.07, 6.45) is 4.96. The van der Waals surface area contributed by atoms with E-state index in [0.717, 1.165) is 41.3 Å². The highest BCUT2D eigenvalue weighted by Crippen LogP contribution is 2.33. The molecule has 1 unspecified atom stereocenters. The summed E-state index contributed by atoms with van der Waals surface area (Å²) in [5.74, 6) is 0.0253. The minimum Gasteiger partial charge on any atom is -0.389 e. The quantitative estimate of drug-likeness (QED) is 0.927.